The van der Waals surface area contributed by atoms with Crippen LogP contribution in [0.15, 0.2) is 42.5 Å². The van der Waals surface area contributed by atoms with Gasteiger partial charge in [0.2, 0.25) is 0 Å². The predicted molar refractivity (Wildman–Crippen MR) is 109 cm³/mol. The zero-order valence-electron chi connectivity index (χ0n) is 16.0. The first-order valence-corrected chi connectivity index (χ1v) is 10.2. The van der Waals surface area contributed by atoms with E-state index >= 15 is 0 Å². The molecule has 27 heavy (non-hydrogen) atoms. The Kier molecular flexibility index (Phi) is 4.46. The molecule has 0 radical (unpaired) electrons. The van der Waals surface area contributed by atoms with E-state index < -0.39 is 0 Å². The Balaban J connectivity index is 1.41. The number of hydrogen-bond donors (Lipinski definition) is 0. The molecule has 1 fully saturated rings. The molecular weight excluding hydrogens is 334 g/mol. The first-order chi connectivity index (χ1) is 13.3. The van der Waals surface area contributed by atoms with E-state index in [1.807, 2.05) is 0 Å². The average molecular weight is 361 g/mol. The number of aromatic nitrogens is 2. The highest BCUT2D eigenvalue weighted by molar-refractivity contribution is 5.82. The fraction of sp³-hybridized carbons (Fsp3) is 0.435. The molecule has 4 heteroatoms. The zero-order valence-corrected chi connectivity index (χ0v) is 16.0. The van der Waals surface area contributed by atoms with Gasteiger partial charge in [-0.15, -0.1) is 0 Å². The molecule has 1 aromatic heterocycles. The van der Waals surface area contributed by atoms with Gasteiger partial charge in [-0.05, 0) is 43.0 Å². The highest BCUT2D eigenvalue weighted by atomic mass is 16.5. The molecule has 0 amide bonds. The maximum absolute atomic E-state index is 5.54. The molecule has 1 saturated heterocycles. The van der Waals surface area contributed by atoms with Crippen LogP contribution in [-0.2, 0) is 17.7 Å². The van der Waals surface area contributed by atoms with Gasteiger partial charge in [0.15, 0.2) is 0 Å². The van der Waals surface area contributed by atoms with E-state index in [0.717, 1.165) is 44.8 Å². The number of ether oxygens (including phenoxy) is 1. The number of aryl methyl sites for hydroxylation is 1. The van der Waals surface area contributed by atoms with E-state index in [2.05, 4.69) is 58.9 Å². The van der Waals surface area contributed by atoms with E-state index in [4.69, 9.17) is 9.72 Å². The number of benzene rings is 2. The minimum absolute atomic E-state index is 0.683. The monoisotopic (exact) mass is 361 g/mol. The number of rotatable bonds is 2. The van der Waals surface area contributed by atoms with Gasteiger partial charge in [-0.2, -0.15) is 0 Å². The number of imidazole rings is 1. The van der Waals surface area contributed by atoms with Crippen LogP contribution in [0.2, 0.25) is 0 Å². The molecule has 4 nitrogen and oxygen atoms in total. The lowest BCUT2D eigenvalue weighted by molar-refractivity contribution is 0.0348. The third-order valence-corrected chi connectivity index (χ3v) is 6.15. The highest BCUT2D eigenvalue weighted by Crippen LogP contribution is 2.27. The molecule has 5 rings (SSSR count). The first-order valence-electron chi connectivity index (χ1n) is 10.2. The van der Waals surface area contributed by atoms with Crippen LogP contribution < -0.4 is 0 Å². The van der Waals surface area contributed by atoms with Gasteiger partial charge in [-0.3, -0.25) is 4.90 Å². The second kappa shape index (κ2) is 7.10. The van der Waals surface area contributed by atoms with Crippen LogP contribution in [0.25, 0.3) is 22.2 Å². The standard InChI is InChI=1S/C23H27N3O/c1-17-2-4-18(5-3-17)19-6-7-22-21(16-19)24-23-8-11-25(12-13-26(22)23)20-9-14-27-15-10-20/h2-7,16,20H,8-15H2,1H3. The third kappa shape index (κ3) is 3.28. The van der Waals surface area contributed by atoms with Crippen LogP contribution in [0.4, 0.5) is 0 Å². The summed E-state index contributed by atoms with van der Waals surface area (Å²) in [5.41, 5.74) is 6.20. The summed E-state index contributed by atoms with van der Waals surface area (Å²) in [5, 5.41) is 0. The molecule has 140 valence electrons. The Morgan fingerprint density at radius 2 is 1.70 bits per heavy atom. The van der Waals surface area contributed by atoms with Gasteiger partial charge in [0.25, 0.3) is 0 Å². The van der Waals surface area contributed by atoms with Crippen molar-refractivity contribution in [3.63, 3.8) is 0 Å². The SMILES string of the molecule is Cc1ccc(-c2ccc3c(c2)nc2n3CCN(C3CCOCC3)CC2)cc1. The maximum atomic E-state index is 5.54. The van der Waals surface area contributed by atoms with E-state index in [-0.39, 0.29) is 0 Å². The van der Waals surface area contributed by atoms with Crippen molar-refractivity contribution in [1.82, 2.24) is 14.5 Å². The molecule has 0 unspecified atom stereocenters. The molecule has 0 bridgehead atoms. The van der Waals surface area contributed by atoms with Crippen LogP contribution in [0.5, 0.6) is 0 Å². The van der Waals surface area contributed by atoms with Gasteiger partial charge < -0.3 is 9.30 Å². The van der Waals surface area contributed by atoms with E-state index in [9.17, 15) is 0 Å². The summed E-state index contributed by atoms with van der Waals surface area (Å²) in [5.74, 6) is 1.24. The van der Waals surface area contributed by atoms with Gasteiger partial charge in [-0.25, -0.2) is 4.98 Å². The lowest BCUT2D eigenvalue weighted by atomic mass is 10.0. The van der Waals surface area contributed by atoms with Crippen LogP contribution in [0, 0.1) is 6.92 Å². The largest absolute Gasteiger partial charge is 0.381 e. The van der Waals surface area contributed by atoms with Gasteiger partial charge in [0, 0.05) is 45.3 Å². The summed E-state index contributed by atoms with van der Waals surface area (Å²) < 4.78 is 7.97. The summed E-state index contributed by atoms with van der Waals surface area (Å²) in [6.07, 6.45) is 3.37. The molecule has 2 aliphatic rings. The summed E-state index contributed by atoms with van der Waals surface area (Å²) in [6, 6.07) is 16.2. The first kappa shape index (κ1) is 17.0. The topological polar surface area (TPSA) is 30.3 Å². The predicted octanol–water partition coefficient (Wildman–Crippen LogP) is 4.05. The minimum Gasteiger partial charge on any atom is -0.381 e. The van der Waals surface area contributed by atoms with E-state index in [1.54, 1.807) is 0 Å². The minimum atomic E-state index is 0.683. The number of hydrogen-bond acceptors (Lipinski definition) is 3. The number of nitrogens with zero attached hydrogens (tertiary/aromatic N) is 3. The van der Waals surface area contributed by atoms with Crippen LogP contribution in [0.1, 0.15) is 24.2 Å². The lowest BCUT2D eigenvalue weighted by Crippen LogP contribution is -2.41. The van der Waals surface area contributed by atoms with Crippen LogP contribution in [0.3, 0.4) is 0 Å². The Morgan fingerprint density at radius 3 is 2.52 bits per heavy atom. The third-order valence-electron chi connectivity index (χ3n) is 6.15. The average Bonchev–Trinajstić information content (AvgIpc) is 2.92. The molecule has 3 heterocycles. The normalized spacial score (nSPS) is 19.1. The molecule has 0 spiro atoms. The smallest absolute Gasteiger partial charge is 0.111 e. The van der Waals surface area contributed by atoms with Crippen molar-refractivity contribution in [3.05, 3.63) is 53.9 Å². The fourth-order valence-corrected chi connectivity index (χ4v) is 4.54. The second-order valence-corrected chi connectivity index (χ2v) is 7.88. The van der Waals surface area contributed by atoms with Crippen molar-refractivity contribution in [2.45, 2.75) is 38.8 Å². The number of fused-ring (bicyclic) bond motifs is 3. The summed E-state index contributed by atoms with van der Waals surface area (Å²) in [6.45, 7) is 7.21. The Morgan fingerprint density at radius 1 is 0.926 bits per heavy atom. The van der Waals surface area contributed by atoms with Gasteiger partial charge in [-0.1, -0.05) is 35.9 Å². The summed E-state index contributed by atoms with van der Waals surface area (Å²) in [7, 11) is 0. The molecule has 0 N–H and O–H groups in total. The van der Waals surface area contributed by atoms with Crippen LogP contribution in [-0.4, -0.2) is 46.8 Å². The van der Waals surface area contributed by atoms with Gasteiger partial charge in [0.1, 0.15) is 5.82 Å². The van der Waals surface area contributed by atoms with Gasteiger partial charge >= 0.3 is 0 Å². The van der Waals surface area contributed by atoms with Crippen molar-refractivity contribution in [2.75, 3.05) is 26.3 Å². The molecule has 0 saturated carbocycles. The Bertz CT molecular complexity index is 938. The zero-order chi connectivity index (χ0) is 18.2. The van der Waals surface area contributed by atoms with Crippen molar-refractivity contribution in [3.8, 4) is 11.1 Å². The Labute approximate surface area is 160 Å². The van der Waals surface area contributed by atoms with E-state index in [1.165, 1.54) is 40.9 Å². The second-order valence-electron chi connectivity index (χ2n) is 7.88. The fourth-order valence-electron chi connectivity index (χ4n) is 4.54. The molecule has 2 aliphatic heterocycles. The maximum Gasteiger partial charge on any atom is 0.111 e. The lowest BCUT2D eigenvalue weighted by Gasteiger charge is -2.33. The Hall–Kier alpha value is -2.17. The molecule has 0 atom stereocenters. The molecule has 0 aliphatic carbocycles. The van der Waals surface area contributed by atoms with Crippen molar-refractivity contribution < 1.29 is 4.74 Å². The van der Waals surface area contributed by atoms with Crippen molar-refractivity contribution >= 4 is 11.0 Å². The van der Waals surface area contributed by atoms with Crippen LogP contribution >= 0.6 is 0 Å². The van der Waals surface area contributed by atoms with Crippen molar-refractivity contribution in [2.24, 2.45) is 0 Å². The van der Waals surface area contributed by atoms with Gasteiger partial charge in [0.05, 0.1) is 11.0 Å². The molecular formula is C23H27N3O. The summed E-state index contributed by atoms with van der Waals surface area (Å²) in [4.78, 5) is 7.66. The quantitative estimate of drug-likeness (QED) is 0.690. The highest BCUT2D eigenvalue weighted by Gasteiger charge is 2.25. The summed E-state index contributed by atoms with van der Waals surface area (Å²) >= 11 is 0. The van der Waals surface area contributed by atoms with Crippen molar-refractivity contribution in [1.29, 1.82) is 0 Å². The molecule has 2 aromatic carbocycles. The molecule has 3 aromatic rings. The van der Waals surface area contributed by atoms with E-state index in [0.29, 0.717) is 6.04 Å².